The van der Waals surface area contributed by atoms with Crippen LogP contribution in [0.15, 0.2) is 11.6 Å². The topological polar surface area (TPSA) is 83.5 Å². The molecule has 0 aliphatic carbocycles. The maximum atomic E-state index is 10.6. The van der Waals surface area contributed by atoms with Crippen molar-refractivity contribution < 1.29 is 15.0 Å². The van der Waals surface area contributed by atoms with E-state index in [1.54, 1.807) is 0 Å². The molecule has 11 heavy (non-hydrogen) atoms. The summed E-state index contributed by atoms with van der Waals surface area (Å²) < 4.78 is 0. The van der Waals surface area contributed by atoms with E-state index in [1.807, 2.05) is 0 Å². The van der Waals surface area contributed by atoms with Crippen LogP contribution in [0.25, 0.3) is 0 Å². The number of hydrogen-bond acceptors (Lipinski definition) is 3. The minimum Gasteiger partial charge on any atom is -0.389 e. The molecule has 0 bridgehead atoms. The lowest BCUT2D eigenvalue weighted by Gasteiger charge is -2.06. The molecule has 0 fully saturated rings. The Bertz CT molecular complexity index is 173. The van der Waals surface area contributed by atoms with Gasteiger partial charge in [0.05, 0.1) is 12.2 Å². The Hall–Kier alpha value is -0.870. The number of rotatable bonds is 3. The summed E-state index contributed by atoms with van der Waals surface area (Å²) in [6.07, 6.45) is -0.471. The van der Waals surface area contributed by atoms with Gasteiger partial charge in [0.1, 0.15) is 0 Å². The lowest BCUT2D eigenvalue weighted by molar-refractivity contribution is -0.115. The Morgan fingerprint density at radius 1 is 1.45 bits per heavy atom. The van der Waals surface area contributed by atoms with Crippen molar-refractivity contribution in [2.45, 2.75) is 26.1 Å². The molecule has 0 saturated heterocycles. The minimum absolute atomic E-state index is 0.0417. The fraction of sp³-hybridized carbons (Fsp3) is 0.571. The van der Waals surface area contributed by atoms with Gasteiger partial charge in [0.2, 0.25) is 5.91 Å². The average molecular weight is 159 g/mol. The first-order chi connectivity index (χ1) is 4.95. The van der Waals surface area contributed by atoms with Crippen molar-refractivity contribution in [1.29, 1.82) is 0 Å². The summed E-state index contributed by atoms with van der Waals surface area (Å²) in [6.45, 7) is 2.89. The molecule has 2 atom stereocenters. The molecule has 0 aromatic heterocycles. The zero-order valence-electron chi connectivity index (χ0n) is 6.61. The Morgan fingerprint density at radius 3 is 2.00 bits per heavy atom. The number of carbonyl (C=O) groups excluding carboxylic acids is 1. The summed E-state index contributed by atoms with van der Waals surface area (Å²) >= 11 is 0. The molecule has 1 amide bonds. The highest BCUT2D eigenvalue weighted by Crippen LogP contribution is 2.02. The van der Waals surface area contributed by atoms with E-state index in [0.29, 0.717) is 0 Å². The van der Waals surface area contributed by atoms with Crippen LogP contribution in [0.1, 0.15) is 13.8 Å². The van der Waals surface area contributed by atoms with E-state index in [2.05, 4.69) is 0 Å². The largest absolute Gasteiger partial charge is 0.389 e. The van der Waals surface area contributed by atoms with Gasteiger partial charge in [-0.05, 0) is 19.9 Å². The fourth-order valence-electron chi connectivity index (χ4n) is 0.687. The van der Waals surface area contributed by atoms with Crippen molar-refractivity contribution in [1.82, 2.24) is 0 Å². The third kappa shape index (κ3) is 3.75. The Labute approximate surface area is 65.3 Å². The van der Waals surface area contributed by atoms with Gasteiger partial charge in [-0.15, -0.1) is 0 Å². The van der Waals surface area contributed by atoms with Crippen LogP contribution >= 0.6 is 0 Å². The van der Waals surface area contributed by atoms with Gasteiger partial charge in [-0.1, -0.05) is 0 Å². The average Bonchev–Trinajstić information content (AvgIpc) is 1.81. The second-order valence-electron chi connectivity index (χ2n) is 2.40. The first-order valence-electron chi connectivity index (χ1n) is 3.32. The van der Waals surface area contributed by atoms with E-state index in [0.717, 1.165) is 0 Å². The zero-order valence-corrected chi connectivity index (χ0v) is 6.61. The maximum Gasteiger partial charge on any atom is 0.247 e. The first kappa shape index (κ1) is 10.1. The number of aliphatic hydroxyl groups excluding tert-OH is 2. The molecule has 0 radical (unpaired) electrons. The number of aliphatic hydroxyl groups is 2. The van der Waals surface area contributed by atoms with Gasteiger partial charge in [0, 0.05) is 5.57 Å². The summed E-state index contributed by atoms with van der Waals surface area (Å²) in [5.41, 5.74) is 4.95. The van der Waals surface area contributed by atoms with Crippen LogP contribution in [0.5, 0.6) is 0 Å². The molecule has 64 valence electrons. The predicted octanol–water partition coefficient (Wildman–Crippen LogP) is -0.840. The number of primary amides is 1. The van der Waals surface area contributed by atoms with E-state index in [1.165, 1.54) is 19.9 Å². The molecular weight excluding hydrogens is 146 g/mol. The number of nitrogens with two attached hydrogens (primary N) is 1. The molecule has 4 heteroatoms. The van der Waals surface area contributed by atoms with Gasteiger partial charge < -0.3 is 15.9 Å². The van der Waals surface area contributed by atoms with Crippen molar-refractivity contribution in [3.8, 4) is 0 Å². The molecule has 0 aliphatic heterocycles. The van der Waals surface area contributed by atoms with Crippen molar-refractivity contribution in [2.75, 3.05) is 0 Å². The Kier molecular flexibility index (Phi) is 3.78. The van der Waals surface area contributed by atoms with Crippen molar-refractivity contribution in [3.05, 3.63) is 11.6 Å². The first-order valence-corrected chi connectivity index (χ1v) is 3.32. The molecule has 4 N–H and O–H groups in total. The third-order valence-electron chi connectivity index (χ3n) is 1.16. The highest BCUT2D eigenvalue weighted by molar-refractivity contribution is 5.92. The van der Waals surface area contributed by atoms with E-state index in [-0.39, 0.29) is 5.57 Å². The van der Waals surface area contributed by atoms with Crippen LogP contribution in [0.4, 0.5) is 0 Å². The molecule has 2 unspecified atom stereocenters. The second kappa shape index (κ2) is 4.10. The summed E-state index contributed by atoms with van der Waals surface area (Å²) in [5, 5.41) is 17.8. The maximum absolute atomic E-state index is 10.6. The quantitative estimate of drug-likeness (QED) is 0.469. The number of hydrogen-bond donors (Lipinski definition) is 3. The molecule has 0 rings (SSSR count). The smallest absolute Gasteiger partial charge is 0.247 e. The van der Waals surface area contributed by atoms with Crippen LogP contribution in [0.2, 0.25) is 0 Å². The van der Waals surface area contributed by atoms with Gasteiger partial charge in [0.15, 0.2) is 0 Å². The van der Waals surface area contributed by atoms with E-state index in [4.69, 9.17) is 15.9 Å². The van der Waals surface area contributed by atoms with Crippen molar-refractivity contribution in [3.63, 3.8) is 0 Å². The molecule has 0 aromatic rings. The minimum atomic E-state index is -0.929. The van der Waals surface area contributed by atoms with Gasteiger partial charge in [-0.3, -0.25) is 4.79 Å². The van der Waals surface area contributed by atoms with Gasteiger partial charge >= 0.3 is 0 Å². The fourth-order valence-corrected chi connectivity index (χ4v) is 0.687. The summed E-state index contributed by atoms with van der Waals surface area (Å²) in [7, 11) is 0. The summed E-state index contributed by atoms with van der Waals surface area (Å²) in [4.78, 5) is 10.6. The normalized spacial score (nSPS) is 17.6. The van der Waals surface area contributed by atoms with Crippen LogP contribution in [-0.2, 0) is 4.79 Å². The molecule has 0 saturated carbocycles. The Morgan fingerprint density at radius 2 is 1.91 bits per heavy atom. The van der Waals surface area contributed by atoms with E-state index >= 15 is 0 Å². The van der Waals surface area contributed by atoms with Gasteiger partial charge in [0.25, 0.3) is 0 Å². The third-order valence-corrected chi connectivity index (χ3v) is 1.16. The van der Waals surface area contributed by atoms with Crippen LogP contribution in [0, 0.1) is 0 Å². The summed E-state index contributed by atoms with van der Waals surface area (Å²) in [5.74, 6) is -0.707. The lowest BCUT2D eigenvalue weighted by atomic mass is 10.1. The Balaban J connectivity index is 4.47. The molecule has 0 aliphatic rings. The van der Waals surface area contributed by atoms with Crippen molar-refractivity contribution >= 4 is 5.91 Å². The molecular formula is C7H13NO3. The molecule has 0 aromatic carbocycles. The number of carbonyl (C=O) groups is 1. The zero-order chi connectivity index (χ0) is 9.02. The summed E-state index contributed by atoms with van der Waals surface area (Å²) in [6, 6.07) is 0. The highest BCUT2D eigenvalue weighted by Gasteiger charge is 2.11. The van der Waals surface area contributed by atoms with Crippen LogP contribution in [0.3, 0.4) is 0 Å². The van der Waals surface area contributed by atoms with Gasteiger partial charge in [-0.25, -0.2) is 0 Å². The monoisotopic (exact) mass is 159 g/mol. The van der Waals surface area contributed by atoms with Gasteiger partial charge in [-0.2, -0.15) is 0 Å². The lowest BCUT2D eigenvalue weighted by Crippen LogP contribution is -2.23. The molecule has 0 heterocycles. The highest BCUT2D eigenvalue weighted by atomic mass is 16.3. The van der Waals surface area contributed by atoms with E-state index in [9.17, 15) is 4.79 Å². The SMILES string of the molecule is CC(O)C=C(C(N)=O)C(C)O. The second-order valence-corrected chi connectivity index (χ2v) is 2.40. The van der Waals surface area contributed by atoms with Crippen LogP contribution in [-0.4, -0.2) is 28.3 Å². The molecule has 0 spiro atoms. The predicted molar refractivity (Wildman–Crippen MR) is 40.6 cm³/mol. The standard InChI is InChI=1S/C7H13NO3/c1-4(9)3-6(5(2)10)7(8)11/h3-5,9-10H,1-2H3,(H2,8,11). The molecule has 4 nitrogen and oxygen atoms in total. The number of amides is 1. The van der Waals surface area contributed by atoms with Crippen molar-refractivity contribution in [2.24, 2.45) is 5.73 Å². The van der Waals surface area contributed by atoms with E-state index < -0.39 is 18.1 Å². The van der Waals surface area contributed by atoms with Crippen LogP contribution < -0.4 is 5.73 Å².